The summed E-state index contributed by atoms with van der Waals surface area (Å²) in [5.41, 5.74) is 0. The first-order valence-electron chi connectivity index (χ1n) is 5.21. The molecule has 1 unspecified atom stereocenters. The highest BCUT2D eigenvalue weighted by Crippen LogP contribution is 2.42. The Morgan fingerprint density at radius 2 is 2.38 bits per heavy atom. The van der Waals surface area contributed by atoms with Crippen LogP contribution in [0.4, 0.5) is 0 Å². The monoisotopic (exact) mass is 201 g/mol. The molecule has 3 heteroatoms. The van der Waals surface area contributed by atoms with E-state index in [0.717, 1.165) is 13.2 Å². The molecular formula is C10H19NOS. The first kappa shape index (κ1) is 9.81. The number of thioether (sulfide) groups is 1. The molecule has 0 aromatic heterocycles. The van der Waals surface area contributed by atoms with Crippen molar-refractivity contribution >= 4 is 11.8 Å². The van der Waals surface area contributed by atoms with Gasteiger partial charge in [0.25, 0.3) is 0 Å². The summed E-state index contributed by atoms with van der Waals surface area (Å²) >= 11 is 2.04. The highest BCUT2D eigenvalue weighted by molar-refractivity contribution is 8.00. The minimum Gasteiger partial charge on any atom is -0.380 e. The van der Waals surface area contributed by atoms with Crippen LogP contribution in [0, 0.1) is 0 Å². The molecule has 1 aliphatic heterocycles. The molecule has 1 saturated heterocycles. The fourth-order valence-electron chi connectivity index (χ4n) is 2.05. The molecule has 1 saturated carbocycles. The van der Waals surface area contributed by atoms with Gasteiger partial charge in [0.05, 0.1) is 6.61 Å². The molecule has 2 nitrogen and oxygen atoms in total. The second-order valence-corrected chi connectivity index (χ2v) is 5.46. The highest BCUT2D eigenvalue weighted by atomic mass is 32.2. The Labute approximate surface area is 84.8 Å². The normalized spacial score (nSPS) is 31.6. The van der Waals surface area contributed by atoms with Gasteiger partial charge in [-0.05, 0) is 25.5 Å². The maximum Gasteiger partial charge on any atom is 0.0620 e. The average molecular weight is 201 g/mol. The molecule has 1 aliphatic carbocycles. The van der Waals surface area contributed by atoms with Crippen LogP contribution in [-0.4, -0.2) is 36.8 Å². The van der Waals surface area contributed by atoms with E-state index in [1.54, 1.807) is 0 Å². The zero-order chi connectivity index (χ0) is 9.15. The summed E-state index contributed by atoms with van der Waals surface area (Å²) in [6, 6.07) is 0.629. The number of hydrogen-bond acceptors (Lipinski definition) is 3. The predicted molar refractivity (Wildman–Crippen MR) is 57.3 cm³/mol. The summed E-state index contributed by atoms with van der Waals surface area (Å²) in [7, 11) is 0. The van der Waals surface area contributed by atoms with E-state index in [2.05, 4.69) is 11.6 Å². The van der Waals surface area contributed by atoms with E-state index >= 15 is 0 Å². The van der Waals surface area contributed by atoms with Crippen molar-refractivity contribution in [2.45, 2.75) is 36.5 Å². The van der Waals surface area contributed by atoms with Crippen LogP contribution in [0.15, 0.2) is 0 Å². The summed E-state index contributed by atoms with van der Waals surface area (Å²) in [5, 5.41) is 3.63. The van der Waals surface area contributed by atoms with Gasteiger partial charge in [0.15, 0.2) is 0 Å². The van der Waals surface area contributed by atoms with Gasteiger partial charge in [-0.25, -0.2) is 0 Å². The molecule has 2 aliphatic rings. The zero-order valence-corrected chi connectivity index (χ0v) is 9.16. The molecule has 0 radical (unpaired) electrons. The van der Waals surface area contributed by atoms with Crippen LogP contribution in [0.5, 0.6) is 0 Å². The van der Waals surface area contributed by atoms with E-state index in [9.17, 15) is 0 Å². The smallest absolute Gasteiger partial charge is 0.0620 e. The Morgan fingerprint density at radius 1 is 1.54 bits per heavy atom. The van der Waals surface area contributed by atoms with E-state index in [-0.39, 0.29) is 0 Å². The molecule has 0 bridgehead atoms. The average Bonchev–Trinajstić information content (AvgIpc) is 2.56. The molecule has 1 N–H and O–H groups in total. The van der Waals surface area contributed by atoms with E-state index in [0.29, 0.717) is 10.8 Å². The van der Waals surface area contributed by atoms with Gasteiger partial charge in [0.2, 0.25) is 0 Å². The van der Waals surface area contributed by atoms with Gasteiger partial charge in [0, 0.05) is 23.9 Å². The second kappa shape index (κ2) is 4.20. The Kier molecular flexibility index (Phi) is 3.17. The maximum absolute atomic E-state index is 5.34. The number of hydrogen-bond donors (Lipinski definition) is 1. The molecule has 1 atom stereocenters. The van der Waals surface area contributed by atoms with Crippen molar-refractivity contribution in [1.29, 1.82) is 0 Å². The number of nitrogens with one attached hydrogen (secondary N) is 1. The van der Waals surface area contributed by atoms with Gasteiger partial charge in [-0.2, -0.15) is 11.8 Å². The molecule has 13 heavy (non-hydrogen) atoms. The highest BCUT2D eigenvalue weighted by Gasteiger charge is 2.36. The summed E-state index contributed by atoms with van der Waals surface area (Å²) in [6.07, 6.45) is 7.66. The third kappa shape index (κ3) is 2.20. The third-order valence-corrected chi connectivity index (χ3v) is 4.76. The Morgan fingerprint density at radius 3 is 2.85 bits per heavy atom. The minimum atomic E-state index is 0.572. The first-order chi connectivity index (χ1) is 6.35. The Balaban J connectivity index is 1.71. The lowest BCUT2D eigenvalue weighted by atomic mass is 9.84. The predicted octanol–water partition coefficient (Wildman–Crippen LogP) is 1.65. The molecule has 2 rings (SSSR count). The van der Waals surface area contributed by atoms with E-state index in [4.69, 9.17) is 4.74 Å². The molecule has 0 aromatic rings. The third-order valence-electron chi connectivity index (χ3n) is 3.34. The van der Waals surface area contributed by atoms with Gasteiger partial charge in [-0.1, -0.05) is 6.42 Å². The topological polar surface area (TPSA) is 21.3 Å². The minimum absolute atomic E-state index is 0.572. The van der Waals surface area contributed by atoms with Crippen molar-refractivity contribution in [3.05, 3.63) is 0 Å². The van der Waals surface area contributed by atoms with Crippen molar-refractivity contribution in [2.24, 2.45) is 0 Å². The summed E-state index contributed by atoms with van der Waals surface area (Å²) < 4.78 is 5.91. The largest absolute Gasteiger partial charge is 0.380 e. The Hall–Kier alpha value is 0.270. The standard InChI is InChI=1S/C10H19NOS/c1-13-10(4-2-5-10)8-11-9-3-6-12-7-9/h9,11H,2-8H2,1H3. The van der Waals surface area contributed by atoms with Gasteiger partial charge < -0.3 is 10.1 Å². The van der Waals surface area contributed by atoms with E-state index in [1.165, 1.54) is 32.2 Å². The van der Waals surface area contributed by atoms with Crippen LogP contribution in [0.1, 0.15) is 25.7 Å². The fraction of sp³-hybridized carbons (Fsp3) is 1.00. The van der Waals surface area contributed by atoms with E-state index < -0.39 is 0 Å². The molecule has 2 fully saturated rings. The Bertz CT molecular complexity index is 159. The van der Waals surface area contributed by atoms with Crippen molar-refractivity contribution < 1.29 is 4.74 Å². The van der Waals surface area contributed by atoms with Gasteiger partial charge in [-0.3, -0.25) is 0 Å². The van der Waals surface area contributed by atoms with Crippen molar-refractivity contribution in [3.63, 3.8) is 0 Å². The lowest BCUT2D eigenvalue weighted by molar-refractivity contribution is 0.188. The molecular weight excluding hydrogens is 182 g/mol. The molecule has 0 amide bonds. The molecule has 0 aromatic carbocycles. The van der Waals surface area contributed by atoms with Crippen molar-refractivity contribution in [3.8, 4) is 0 Å². The molecule has 0 spiro atoms. The zero-order valence-electron chi connectivity index (χ0n) is 8.34. The van der Waals surface area contributed by atoms with Crippen molar-refractivity contribution in [2.75, 3.05) is 26.0 Å². The van der Waals surface area contributed by atoms with E-state index in [1.807, 2.05) is 11.8 Å². The van der Waals surface area contributed by atoms with Gasteiger partial charge >= 0.3 is 0 Å². The van der Waals surface area contributed by atoms with Crippen LogP contribution >= 0.6 is 11.8 Å². The van der Waals surface area contributed by atoms with Gasteiger partial charge in [0.1, 0.15) is 0 Å². The number of rotatable bonds is 4. The quantitative estimate of drug-likeness (QED) is 0.747. The SMILES string of the molecule is CSC1(CNC2CCOC2)CCC1. The van der Waals surface area contributed by atoms with Crippen LogP contribution in [0.25, 0.3) is 0 Å². The summed E-state index contributed by atoms with van der Waals surface area (Å²) in [4.78, 5) is 0. The summed E-state index contributed by atoms with van der Waals surface area (Å²) in [5.74, 6) is 0. The lowest BCUT2D eigenvalue weighted by Crippen LogP contribution is -2.46. The van der Waals surface area contributed by atoms with Crippen molar-refractivity contribution in [1.82, 2.24) is 5.32 Å². The second-order valence-electron chi connectivity index (χ2n) is 4.18. The van der Waals surface area contributed by atoms with Gasteiger partial charge in [-0.15, -0.1) is 0 Å². The van der Waals surface area contributed by atoms with Crippen LogP contribution < -0.4 is 5.32 Å². The molecule has 1 heterocycles. The number of ether oxygens (including phenoxy) is 1. The van der Waals surface area contributed by atoms with Crippen LogP contribution in [0.2, 0.25) is 0 Å². The van der Waals surface area contributed by atoms with Crippen LogP contribution in [-0.2, 0) is 4.74 Å². The van der Waals surface area contributed by atoms with Crippen LogP contribution in [0.3, 0.4) is 0 Å². The summed E-state index contributed by atoms with van der Waals surface area (Å²) in [6.45, 7) is 3.05. The lowest BCUT2D eigenvalue weighted by Gasteiger charge is -2.41. The first-order valence-corrected chi connectivity index (χ1v) is 6.43. The molecule has 76 valence electrons. The fourth-order valence-corrected chi connectivity index (χ4v) is 2.97. The maximum atomic E-state index is 5.34.